The Morgan fingerprint density at radius 3 is 1.03 bits per heavy atom. The number of carboxylic acid groups (broad SMARTS) is 2. The standard InChI is InChI=1S/C24H26Cl2N4O4.C23H25Cl2N5O4.C20H18Cl2N4O4.C13H14Cl2O2.C9H6Cl2O2.C4H10O.C3H9NO/c1-24(2,3)34-23(31)19-14-29(13-18(19)17-9-7-15(25)12-20(17)26)11-5-4-6-16-8-10-21(30(32)33)22(27)28-16;1-14(13-31)27-23(32)19-12-29(11-18(19)17-7-5-15(24)10-20(17)25)9-3-2-4-16-6-8-21(30(33)34)22(26)28-16;21-12-4-6-14(17(22)9-12)15-10-25(11-16(15)20(27)28)8-2-1-3-13-5-7-18(26(29)30)19(23)24-13;1-13(2,3)17-12(16)7-5-9-4-6-10(14)8-11(9)15;10-7-3-1-6(8(11)5-7)2-4-9(12)13;1-4(2,3)5;1-3(4)2-5/h7-10,12-14H,4-6,11H2,1-3H3,(H2,27,28);5-8,10-12,14,31H,2-4,9,13H2,1H3,(H2,26,28)(H,27,32);4-7,9-11H,1-3,8H2,(H2,23,24)(H,27,28);4-8H,1-3H3;1-5H,(H,12,13);5H,1-3H3;3,5H,2,4H2,1H3/b;;;7-5+;4-2+;;/t;14-;;;;;3-/m.0....0/s1. The fourth-order valence-electron chi connectivity index (χ4n) is 12.0. The number of carbonyl (C=O) groups is 5. The van der Waals surface area contributed by atoms with E-state index in [4.69, 9.17) is 164 Å². The molecule has 32 nitrogen and oxygen atoms in total. The van der Waals surface area contributed by atoms with E-state index in [1.807, 2.05) is 63.1 Å². The third kappa shape index (κ3) is 41.7. The van der Waals surface area contributed by atoms with Gasteiger partial charge in [0.1, 0.15) is 11.2 Å². The molecular weight excluding hydrogens is 1990 g/mol. The Morgan fingerprint density at radius 2 is 0.739 bits per heavy atom. The summed E-state index contributed by atoms with van der Waals surface area (Å²) in [6.45, 7) is 21.3. The SMILES string of the molecule is CC(C)(C)O.CC(C)(C)OC(=O)/C=C/c1ccc(Cl)cc1Cl.CC(C)(C)OC(=O)c1cn(CCCCc2ccc([N+](=O)[O-])c(N)n2)cc1-c1ccc(Cl)cc1Cl.C[C@@H](CO)NC(=O)c1cn(CCCCc2ccc([N+](=O)[O-])c(N)n2)cc1-c1ccc(Cl)cc1Cl.C[C@H](N)CO.Nc1nc(CCCCn2cc(C(=O)O)c(-c3ccc(Cl)cc3Cl)c2)ccc1[N+](=O)[O-].O=C(O)/C=C/c1ccc(Cl)cc1Cl. The Labute approximate surface area is 848 Å². The fourth-order valence-corrected chi connectivity index (χ4v) is 14.5. The Kier molecular flexibility index (Phi) is 47.5. The van der Waals surface area contributed by atoms with Crippen molar-refractivity contribution in [3.05, 3.63) is 302 Å². The van der Waals surface area contributed by atoms with Gasteiger partial charge in [-0.3, -0.25) is 35.1 Å². The molecule has 1 amide bonds. The van der Waals surface area contributed by atoms with Gasteiger partial charge < -0.3 is 77.0 Å². The quantitative estimate of drug-likeness (QED) is 0.00634. The second-order valence-electron chi connectivity index (χ2n) is 33.7. The van der Waals surface area contributed by atoms with Crippen LogP contribution >= 0.6 is 116 Å². The minimum Gasteiger partial charge on any atom is -0.478 e. The van der Waals surface area contributed by atoms with Crippen molar-refractivity contribution in [2.24, 2.45) is 5.73 Å². The molecule has 5 aromatic carbocycles. The molecule has 11 rings (SSSR count). The molecule has 42 heteroatoms. The van der Waals surface area contributed by atoms with Crippen LogP contribution in [0.25, 0.3) is 45.5 Å². The number of carboxylic acids is 2. The van der Waals surface area contributed by atoms with E-state index in [2.05, 4.69) is 20.3 Å². The number of unbranched alkanes of at least 4 members (excludes halogenated alkanes) is 3. The number of aliphatic hydroxyl groups excluding tert-OH is 2. The van der Waals surface area contributed by atoms with Crippen LogP contribution < -0.4 is 28.3 Å². The average Bonchev–Trinajstić information content (AvgIpc) is 1.66. The molecule has 2 atom stereocenters. The Bertz CT molecular complexity index is 6100. The lowest BCUT2D eigenvalue weighted by atomic mass is 10.0. The van der Waals surface area contributed by atoms with Crippen molar-refractivity contribution >= 4 is 192 Å². The van der Waals surface area contributed by atoms with Gasteiger partial charge >= 0.3 is 40.9 Å². The molecule has 0 aliphatic rings. The van der Waals surface area contributed by atoms with Crippen molar-refractivity contribution in [2.75, 3.05) is 30.4 Å². The molecule has 0 fully saturated rings. The monoisotopic (exact) mass is 2090 g/mol. The van der Waals surface area contributed by atoms with E-state index in [1.54, 1.807) is 179 Å². The molecule has 14 N–H and O–H groups in total. The number of hydrogen-bond donors (Lipinski definition) is 10. The van der Waals surface area contributed by atoms with Crippen molar-refractivity contribution in [1.29, 1.82) is 0 Å². The van der Waals surface area contributed by atoms with Crippen LogP contribution in [0.2, 0.25) is 50.2 Å². The maximum atomic E-state index is 12.9. The van der Waals surface area contributed by atoms with E-state index < -0.39 is 61.5 Å². The first-order valence-electron chi connectivity index (χ1n) is 42.4. The summed E-state index contributed by atoms with van der Waals surface area (Å²) in [5, 5.41) is 83.8. The number of aromatic nitrogens is 6. The number of carbonyl (C=O) groups excluding carboxylic acids is 3. The van der Waals surface area contributed by atoms with Crippen LogP contribution in [0.4, 0.5) is 34.5 Å². The first-order chi connectivity index (χ1) is 64.5. The smallest absolute Gasteiger partial charge is 0.340 e. The number of ether oxygens (including phenoxy) is 2. The van der Waals surface area contributed by atoms with Gasteiger partial charge in [0.25, 0.3) is 5.91 Å². The number of aliphatic carboxylic acids is 1. The van der Waals surface area contributed by atoms with Crippen molar-refractivity contribution in [2.45, 2.75) is 182 Å². The normalized spacial score (nSPS) is 11.5. The average molecular weight is 2100 g/mol. The summed E-state index contributed by atoms with van der Waals surface area (Å²) in [6.07, 6.45) is 22.4. The van der Waals surface area contributed by atoms with E-state index in [9.17, 15) is 64.5 Å². The largest absolute Gasteiger partial charge is 0.478 e. The molecular formula is C96H108Cl10N14O18. The van der Waals surface area contributed by atoms with Crippen LogP contribution in [0.5, 0.6) is 0 Å². The highest BCUT2D eigenvalue weighted by Crippen LogP contribution is 2.39. The number of nitrogens with one attached hydrogen (secondary N) is 1. The molecule has 0 bridgehead atoms. The number of esters is 2. The summed E-state index contributed by atoms with van der Waals surface area (Å²) < 4.78 is 16.4. The van der Waals surface area contributed by atoms with Crippen LogP contribution in [0.1, 0.15) is 174 Å². The molecule has 11 aromatic rings. The van der Waals surface area contributed by atoms with Crippen molar-refractivity contribution in [3.63, 3.8) is 0 Å². The lowest BCUT2D eigenvalue weighted by Gasteiger charge is -2.19. The van der Waals surface area contributed by atoms with Gasteiger partial charge in [0, 0.05) is 200 Å². The highest BCUT2D eigenvalue weighted by Gasteiger charge is 2.27. The van der Waals surface area contributed by atoms with Gasteiger partial charge in [-0.05, 0) is 236 Å². The number of nitrogens with zero attached hydrogens (tertiary/aromatic N) is 9. The van der Waals surface area contributed by atoms with Gasteiger partial charge in [-0.25, -0.2) is 34.1 Å². The number of aliphatic hydroxyl groups is 3. The lowest BCUT2D eigenvalue weighted by Crippen LogP contribution is -2.35. The Hall–Kier alpha value is -11.4. The van der Waals surface area contributed by atoms with Gasteiger partial charge in [-0.15, -0.1) is 0 Å². The number of nitrogen functional groups attached to an aromatic ring is 3. The predicted octanol–water partition coefficient (Wildman–Crippen LogP) is 23.4. The molecule has 0 aliphatic heterocycles. The van der Waals surface area contributed by atoms with Gasteiger partial charge in [-0.2, -0.15) is 0 Å². The number of aromatic carboxylic acids is 1. The van der Waals surface area contributed by atoms with Gasteiger partial charge in [0.05, 0.1) is 50.3 Å². The predicted molar refractivity (Wildman–Crippen MR) is 548 cm³/mol. The zero-order chi connectivity index (χ0) is 103. The van der Waals surface area contributed by atoms with Crippen LogP contribution in [0.3, 0.4) is 0 Å². The molecule has 6 aromatic heterocycles. The molecule has 0 saturated carbocycles. The second kappa shape index (κ2) is 56.0. The van der Waals surface area contributed by atoms with Crippen LogP contribution in [-0.4, -0.2) is 141 Å². The van der Waals surface area contributed by atoms with Gasteiger partial charge in [0.15, 0.2) is 0 Å². The van der Waals surface area contributed by atoms with E-state index in [1.165, 1.54) is 30.4 Å². The van der Waals surface area contributed by atoms with Crippen LogP contribution in [0.15, 0.2) is 177 Å². The number of rotatable bonds is 31. The zero-order valence-corrected chi connectivity index (χ0v) is 84.7. The third-order valence-electron chi connectivity index (χ3n) is 18.2. The van der Waals surface area contributed by atoms with E-state index in [0.717, 1.165) is 50.2 Å². The number of nitrogens with two attached hydrogens (primary N) is 4. The summed E-state index contributed by atoms with van der Waals surface area (Å²) in [4.78, 5) is 102. The maximum Gasteiger partial charge on any atom is 0.340 e. The molecule has 6 heterocycles. The molecule has 138 heavy (non-hydrogen) atoms. The van der Waals surface area contributed by atoms with Crippen molar-refractivity contribution < 1.29 is 73.7 Å². The first kappa shape index (κ1) is 117. The molecule has 0 saturated heterocycles. The van der Waals surface area contributed by atoms with Crippen LogP contribution in [-0.2, 0) is 58.0 Å². The highest BCUT2D eigenvalue weighted by molar-refractivity contribution is 6.39. The molecule has 740 valence electrons. The van der Waals surface area contributed by atoms with E-state index >= 15 is 0 Å². The number of aryl methyl sites for hydroxylation is 6. The number of pyridine rings is 3. The third-order valence-corrected chi connectivity index (χ3v) is 21.0. The molecule has 0 unspecified atom stereocenters. The number of amides is 1. The number of hydrogen-bond acceptors (Lipinski definition) is 23. The maximum absolute atomic E-state index is 12.9. The summed E-state index contributed by atoms with van der Waals surface area (Å²) in [5.74, 6) is -3.47. The van der Waals surface area contributed by atoms with Gasteiger partial charge in [0.2, 0.25) is 17.5 Å². The Balaban J connectivity index is 0.000000306. The number of nitro groups is 3. The summed E-state index contributed by atoms with van der Waals surface area (Å²) in [7, 11) is 0. The fraction of sp³-hybridized carbons (Fsp3) is 0.312. The van der Waals surface area contributed by atoms with E-state index in [0.29, 0.717) is 156 Å². The highest BCUT2D eigenvalue weighted by atomic mass is 35.5. The summed E-state index contributed by atoms with van der Waals surface area (Å²) in [6, 6.07) is 33.6. The lowest BCUT2D eigenvalue weighted by molar-refractivity contribution is -0.384. The first-order valence-corrected chi connectivity index (χ1v) is 46.2. The molecule has 0 radical (unpaired) electrons. The molecule has 0 spiro atoms. The number of anilines is 3. The van der Waals surface area contributed by atoms with E-state index in [-0.39, 0.29) is 65.2 Å². The number of halogens is 10. The van der Waals surface area contributed by atoms with Gasteiger partial charge in [-0.1, -0.05) is 146 Å². The summed E-state index contributed by atoms with van der Waals surface area (Å²) in [5.41, 5.74) is 28.0. The minimum atomic E-state index is -1.04. The van der Waals surface area contributed by atoms with Crippen molar-refractivity contribution in [1.82, 2.24) is 34.0 Å². The van der Waals surface area contributed by atoms with Crippen LogP contribution in [0, 0.1) is 30.3 Å². The summed E-state index contributed by atoms with van der Waals surface area (Å²) >= 11 is 60.2. The second-order valence-corrected chi connectivity index (χ2v) is 37.9. The van der Waals surface area contributed by atoms with Crippen molar-refractivity contribution in [3.8, 4) is 33.4 Å². The number of benzene rings is 5. The molecule has 0 aliphatic carbocycles. The Morgan fingerprint density at radius 1 is 0.435 bits per heavy atom. The zero-order valence-electron chi connectivity index (χ0n) is 77.1. The minimum absolute atomic E-state index is 0.0602. The topological polar surface area (TPSA) is 504 Å².